The van der Waals surface area contributed by atoms with Crippen molar-refractivity contribution in [1.29, 1.82) is 0 Å². The molecule has 0 spiro atoms. The summed E-state index contributed by atoms with van der Waals surface area (Å²) >= 11 is 1.63. The molecule has 0 saturated heterocycles. The van der Waals surface area contributed by atoms with Crippen molar-refractivity contribution in [2.75, 3.05) is 13.7 Å². The number of thiazole rings is 1. The van der Waals surface area contributed by atoms with E-state index in [4.69, 9.17) is 4.74 Å². The monoisotopic (exact) mass is 251 g/mol. The number of nitrogens with zero attached hydrogens (tertiary/aromatic N) is 2. The molecule has 2 aromatic rings. The molecule has 0 radical (unpaired) electrons. The Morgan fingerprint density at radius 3 is 3.12 bits per heavy atom. The first-order chi connectivity index (χ1) is 8.22. The molecule has 5 heteroatoms. The van der Waals surface area contributed by atoms with Gasteiger partial charge in [-0.2, -0.15) is 4.98 Å². The fourth-order valence-corrected chi connectivity index (χ4v) is 2.73. The molecule has 1 aliphatic carbocycles. The second-order valence-electron chi connectivity index (χ2n) is 5.04. The normalized spacial score (nSPS) is 17.5. The van der Waals surface area contributed by atoms with Gasteiger partial charge < -0.3 is 10.1 Å². The van der Waals surface area contributed by atoms with Gasteiger partial charge in [0, 0.05) is 24.7 Å². The molecule has 4 nitrogen and oxygen atoms in total. The number of ether oxygens (including phenoxy) is 1. The zero-order chi connectivity index (χ0) is 11.9. The van der Waals surface area contributed by atoms with Gasteiger partial charge in [-0.1, -0.05) is 6.92 Å². The lowest BCUT2D eigenvalue weighted by Crippen LogP contribution is -2.22. The van der Waals surface area contributed by atoms with Crippen molar-refractivity contribution in [1.82, 2.24) is 14.7 Å². The smallest absolute Gasteiger partial charge is 0.237 e. The summed E-state index contributed by atoms with van der Waals surface area (Å²) in [4.78, 5) is 5.44. The van der Waals surface area contributed by atoms with Crippen molar-refractivity contribution >= 4 is 16.3 Å². The van der Waals surface area contributed by atoms with Gasteiger partial charge in [0.05, 0.1) is 7.11 Å². The van der Waals surface area contributed by atoms with E-state index in [2.05, 4.69) is 21.6 Å². The van der Waals surface area contributed by atoms with E-state index in [-0.39, 0.29) is 0 Å². The van der Waals surface area contributed by atoms with Crippen molar-refractivity contribution < 1.29 is 4.74 Å². The molecule has 0 amide bonds. The maximum Gasteiger partial charge on any atom is 0.237 e. The summed E-state index contributed by atoms with van der Waals surface area (Å²) in [6.07, 6.45) is 4.74. The van der Waals surface area contributed by atoms with E-state index in [1.165, 1.54) is 12.8 Å². The van der Waals surface area contributed by atoms with Crippen LogP contribution in [-0.4, -0.2) is 23.0 Å². The number of methoxy groups -OCH3 is 1. The van der Waals surface area contributed by atoms with Crippen LogP contribution in [0.5, 0.6) is 5.88 Å². The van der Waals surface area contributed by atoms with Gasteiger partial charge in [-0.25, -0.2) is 0 Å². The van der Waals surface area contributed by atoms with Gasteiger partial charge in [0.15, 0.2) is 4.96 Å². The SMILES string of the molecule is COc1nc2sccn2c1CNCC1(C)CC1. The Kier molecular flexibility index (Phi) is 2.60. The van der Waals surface area contributed by atoms with Gasteiger partial charge in [-0.05, 0) is 18.3 Å². The lowest BCUT2D eigenvalue weighted by atomic mass is 10.1. The third-order valence-corrected chi connectivity index (χ3v) is 4.22. The summed E-state index contributed by atoms with van der Waals surface area (Å²) < 4.78 is 7.42. The molecule has 1 N–H and O–H groups in total. The third kappa shape index (κ3) is 2.05. The van der Waals surface area contributed by atoms with E-state index in [0.29, 0.717) is 5.41 Å². The van der Waals surface area contributed by atoms with Crippen LogP contribution in [-0.2, 0) is 6.54 Å². The van der Waals surface area contributed by atoms with E-state index in [1.54, 1.807) is 18.4 Å². The highest BCUT2D eigenvalue weighted by atomic mass is 32.1. The Balaban J connectivity index is 1.75. The summed E-state index contributed by atoms with van der Waals surface area (Å²) in [6.45, 7) is 4.22. The maximum absolute atomic E-state index is 5.32. The molecule has 1 saturated carbocycles. The molecule has 92 valence electrons. The van der Waals surface area contributed by atoms with Crippen LogP contribution in [0.2, 0.25) is 0 Å². The van der Waals surface area contributed by atoms with Crippen LogP contribution < -0.4 is 10.1 Å². The Morgan fingerprint density at radius 2 is 2.41 bits per heavy atom. The average molecular weight is 251 g/mol. The minimum Gasteiger partial charge on any atom is -0.480 e. The molecule has 2 heterocycles. The molecular weight excluding hydrogens is 234 g/mol. The average Bonchev–Trinajstić information content (AvgIpc) is 2.77. The zero-order valence-corrected chi connectivity index (χ0v) is 11.0. The fraction of sp³-hybridized carbons (Fsp3) is 0.583. The lowest BCUT2D eigenvalue weighted by molar-refractivity contribution is 0.390. The van der Waals surface area contributed by atoms with Crippen molar-refractivity contribution in [3.8, 4) is 5.88 Å². The highest BCUT2D eigenvalue weighted by molar-refractivity contribution is 7.15. The van der Waals surface area contributed by atoms with E-state index >= 15 is 0 Å². The molecule has 0 unspecified atom stereocenters. The van der Waals surface area contributed by atoms with Crippen LogP contribution in [0, 0.1) is 5.41 Å². The molecular formula is C12H17N3OS. The van der Waals surface area contributed by atoms with Crippen LogP contribution in [0.25, 0.3) is 4.96 Å². The molecule has 0 aromatic carbocycles. The van der Waals surface area contributed by atoms with Gasteiger partial charge in [-0.15, -0.1) is 11.3 Å². The summed E-state index contributed by atoms with van der Waals surface area (Å²) in [6, 6.07) is 0. The second-order valence-corrected chi connectivity index (χ2v) is 5.91. The summed E-state index contributed by atoms with van der Waals surface area (Å²) in [5, 5.41) is 5.56. The molecule has 3 rings (SSSR count). The first-order valence-corrected chi connectivity index (χ1v) is 6.79. The summed E-state index contributed by atoms with van der Waals surface area (Å²) in [5.41, 5.74) is 1.65. The Labute approximate surface area is 105 Å². The quantitative estimate of drug-likeness (QED) is 0.886. The molecule has 17 heavy (non-hydrogen) atoms. The summed E-state index contributed by atoms with van der Waals surface area (Å²) in [7, 11) is 1.68. The van der Waals surface area contributed by atoms with Crippen molar-refractivity contribution in [2.45, 2.75) is 26.3 Å². The number of hydrogen-bond acceptors (Lipinski definition) is 4. The largest absolute Gasteiger partial charge is 0.480 e. The Bertz CT molecular complexity index is 527. The Morgan fingerprint density at radius 1 is 1.59 bits per heavy atom. The Hall–Kier alpha value is -1.07. The van der Waals surface area contributed by atoms with Crippen LogP contribution >= 0.6 is 11.3 Å². The van der Waals surface area contributed by atoms with Crippen molar-refractivity contribution in [3.63, 3.8) is 0 Å². The first kappa shape index (κ1) is 11.0. The van der Waals surface area contributed by atoms with E-state index in [9.17, 15) is 0 Å². The molecule has 1 aliphatic rings. The lowest BCUT2D eigenvalue weighted by Gasteiger charge is -2.10. The van der Waals surface area contributed by atoms with Gasteiger partial charge in [-0.3, -0.25) is 4.40 Å². The second kappa shape index (κ2) is 3.99. The highest BCUT2D eigenvalue weighted by Crippen LogP contribution is 2.44. The number of imidazole rings is 1. The van der Waals surface area contributed by atoms with Crippen molar-refractivity contribution in [2.24, 2.45) is 5.41 Å². The number of hydrogen-bond donors (Lipinski definition) is 1. The van der Waals surface area contributed by atoms with E-state index in [1.807, 2.05) is 11.6 Å². The molecule has 0 atom stereocenters. The standard InChI is InChI=1S/C12H17N3OS/c1-12(3-4-12)8-13-7-9-10(16-2)14-11-15(9)5-6-17-11/h5-6,13H,3-4,7-8H2,1-2H3. The van der Waals surface area contributed by atoms with E-state index in [0.717, 1.165) is 29.6 Å². The molecule has 0 bridgehead atoms. The van der Waals surface area contributed by atoms with Gasteiger partial charge in [0.25, 0.3) is 0 Å². The molecule has 1 fully saturated rings. The van der Waals surface area contributed by atoms with Crippen LogP contribution in [0.4, 0.5) is 0 Å². The first-order valence-electron chi connectivity index (χ1n) is 5.91. The fourth-order valence-electron chi connectivity index (χ4n) is 2.01. The van der Waals surface area contributed by atoms with Crippen LogP contribution in [0.3, 0.4) is 0 Å². The predicted octanol–water partition coefficient (Wildman–Crippen LogP) is 2.29. The van der Waals surface area contributed by atoms with Crippen LogP contribution in [0.15, 0.2) is 11.6 Å². The minimum atomic E-state index is 0.533. The highest BCUT2D eigenvalue weighted by Gasteiger charge is 2.36. The molecule has 2 aromatic heterocycles. The third-order valence-electron chi connectivity index (χ3n) is 3.47. The van der Waals surface area contributed by atoms with Crippen molar-refractivity contribution in [3.05, 3.63) is 17.3 Å². The predicted molar refractivity (Wildman–Crippen MR) is 68.7 cm³/mol. The number of aromatic nitrogens is 2. The molecule has 0 aliphatic heterocycles. The van der Waals surface area contributed by atoms with Gasteiger partial charge in [0.2, 0.25) is 5.88 Å². The number of nitrogens with one attached hydrogen (secondary N) is 1. The zero-order valence-electron chi connectivity index (χ0n) is 10.2. The summed E-state index contributed by atoms with van der Waals surface area (Å²) in [5.74, 6) is 0.741. The number of rotatable bonds is 5. The minimum absolute atomic E-state index is 0.533. The van der Waals surface area contributed by atoms with Gasteiger partial charge >= 0.3 is 0 Å². The van der Waals surface area contributed by atoms with E-state index < -0.39 is 0 Å². The topological polar surface area (TPSA) is 38.6 Å². The maximum atomic E-state index is 5.32. The number of fused-ring (bicyclic) bond motifs is 1. The van der Waals surface area contributed by atoms with Gasteiger partial charge in [0.1, 0.15) is 5.69 Å². The van der Waals surface area contributed by atoms with Crippen LogP contribution in [0.1, 0.15) is 25.5 Å².